The summed E-state index contributed by atoms with van der Waals surface area (Å²) >= 11 is 0. The van der Waals surface area contributed by atoms with Gasteiger partial charge in [0, 0.05) is 13.1 Å². The lowest BCUT2D eigenvalue weighted by Gasteiger charge is -2.38. The van der Waals surface area contributed by atoms with Crippen LogP contribution in [0.25, 0.3) is 0 Å². The van der Waals surface area contributed by atoms with Crippen molar-refractivity contribution in [1.82, 2.24) is 5.32 Å². The Morgan fingerprint density at radius 3 is 3.00 bits per heavy atom. The Bertz CT molecular complexity index is 544. The van der Waals surface area contributed by atoms with Crippen LogP contribution in [-0.2, 0) is 4.79 Å². The van der Waals surface area contributed by atoms with Crippen LogP contribution in [0.5, 0.6) is 5.75 Å². The predicted octanol–water partition coefficient (Wildman–Crippen LogP) is 1.77. The zero-order valence-electron chi connectivity index (χ0n) is 12.6. The van der Waals surface area contributed by atoms with Crippen molar-refractivity contribution in [2.45, 2.75) is 38.8 Å². The van der Waals surface area contributed by atoms with Crippen molar-refractivity contribution in [2.75, 3.05) is 23.7 Å². The van der Waals surface area contributed by atoms with Crippen LogP contribution in [0.1, 0.15) is 26.7 Å². The number of piperidine rings is 1. The molecule has 2 heterocycles. The molecule has 1 aromatic carbocycles. The summed E-state index contributed by atoms with van der Waals surface area (Å²) in [5.41, 5.74) is 7.97. The van der Waals surface area contributed by atoms with Gasteiger partial charge in [0.25, 0.3) is 0 Å². The first-order valence-electron chi connectivity index (χ1n) is 7.67. The number of anilines is 2. The summed E-state index contributed by atoms with van der Waals surface area (Å²) < 4.78 is 5.77. The summed E-state index contributed by atoms with van der Waals surface area (Å²) in [7, 11) is 0. The first-order chi connectivity index (χ1) is 10.1. The molecule has 2 aliphatic heterocycles. The molecule has 0 bridgehead atoms. The Balaban J connectivity index is 1.91. The summed E-state index contributed by atoms with van der Waals surface area (Å²) in [6.07, 6.45) is 2.07. The van der Waals surface area contributed by atoms with Crippen LogP contribution >= 0.6 is 0 Å². The third-order valence-corrected chi connectivity index (χ3v) is 4.32. The quantitative estimate of drug-likeness (QED) is 0.832. The molecule has 0 radical (unpaired) electrons. The molecule has 1 aromatic rings. The molecule has 0 aromatic heterocycles. The van der Waals surface area contributed by atoms with Crippen LogP contribution in [0.2, 0.25) is 0 Å². The second-order valence-electron chi connectivity index (χ2n) is 6.11. The van der Waals surface area contributed by atoms with E-state index in [1.165, 1.54) is 0 Å². The van der Waals surface area contributed by atoms with Gasteiger partial charge in [-0.2, -0.15) is 0 Å². The maximum absolute atomic E-state index is 11.9. The fourth-order valence-electron chi connectivity index (χ4n) is 3.39. The van der Waals surface area contributed by atoms with E-state index in [4.69, 9.17) is 10.5 Å². The van der Waals surface area contributed by atoms with Crippen molar-refractivity contribution in [2.24, 2.45) is 5.92 Å². The molecule has 5 nitrogen and oxygen atoms in total. The number of carbonyl (C=O) groups is 1. The largest absolute Gasteiger partial charge is 0.489 e. The number of benzene rings is 1. The molecule has 21 heavy (non-hydrogen) atoms. The summed E-state index contributed by atoms with van der Waals surface area (Å²) in [4.78, 5) is 14.2. The molecule has 2 unspecified atom stereocenters. The highest BCUT2D eigenvalue weighted by Gasteiger charge is 2.41. The van der Waals surface area contributed by atoms with Gasteiger partial charge in [0.2, 0.25) is 5.91 Å². The van der Waals surface area contributed by atoms with Gasteiger partial charge in [-0.1, -0.05) is 6.07 Å². The van der Waals surface area contributed by atoms with Crippen molar-refractivity contribution in [1.29, 1.82) is 0 Å². The number of ether oxygens (including phenoxy) is 1. The Labute approximate surface area is 125 Å². The molecule has 0 spiro atoms. The minimum Gasteiger partial charge on any atom is -0.489 e. The number of nitrogens with two attached hydrogens (primary N) is 1. The molecule has 114 valence electrons. The molecular weight excluding hydrogens is 266 g/mol. The number of amides is 1. The molecule has 0 aliphatic carbocycles. The van der Waals surface area contributed by atoms with Crippen LogP contribution in [0.3, 0.4) is 0 Å². The monoisotopic (exact) mass is 289 g/mol. The Morgan fingerprint density at radius 2 is 2.24 bits per heavy atom. The lowest BCUT2D eigenvalue weighted by Crippen LogP contribution is -2.46. The zero-order chi connectivity index (χ0) is 15.0. The van der Waals surface area contributed by atoms with Crippen molar-refractivity contribution >= 4 is 17.3 Å². The van der Waals surface area contributed by atoms with Crippen LogP contribution in [0, 0.1) is 5.92 Å². The highest BCUT2D eigenvalue weighted by Crippen LogP contribution is 2.38. The van der Waals surface area contributed by atoms with Gasteiger partial charge in [-0.15, -0.1) is 0 Å². The van der Waals surface area contributed by atoms with E-state index < -0.39 is 0 Å². The summed E-state index contributed by atoms with van der Waals surface area (Å²) in [5, 5.41) is 2.97. The van der Waals surface area contributed by atoms with Gasteiger partial charge >= 0.3 is 0 Å². The number of carbonyl (C=O) groups excluding carboxylic acids is 1. The van der Waals surface area contributed by atoms with Gasteiger partial charge in [-0.05, 0) is 38.8 Å². The lowest BCUT2D eigenvalue weighted by atomic mass is 9.91. The van der Waals surface area contributed by atoms with Crippen molar-refractivity contribution in [3.05, 3.63) is 18.2 Å². The molecule has 3 N–H and O–H groups in total. The number of nitrogens with zero attached hydrogens (tertiary/aromatic N) is 1. The Hall–Kier alpha value is -1.91. The number of hydrogen-bond donors (Lipinski definition) is 2. The number of nitrogens with one attached hydrogen (secondary N) is 1. The Kier molecular flexibility index (Phi) is 3.66. The van der Waals surface area contributed by atoms with Gasteiger partial charge in [0.05, 0.1) is 29.4 Å². The maximum atomic E-state index is 11.9. The maximum Gasteiger partial charge on any atom is 0.225 e. The van der Waals surface area contributed by atoms with Crippen molar-refractivity contribution in [3.8, 4) is 5.75 Å². The number of para-hydroxylation sites is 1. The number of nitrogen functional groups attached to an aromatic ring is 1. The molecule has 2 fully saturated rings. The topological polar surface area (TPSA) is 67.6 Å². The molecule has 2 saturated heterocycles. The molecule has 1 amide bonds. The van der Waals surface area contributed by atoms with E-state index in [2.05, 4.69) is 10.2 Å². The minimum absolute atomic E-state index is 0.0892. The zero-order valence-corrected chi connectivity index (χ0v) is 12.6. The third kappa shape index (κ3) is 2.52. The first-order valence-corrected chi connectivity index (χ1v) is 7.67. The average Bonchev–Trinajstić information content (AvgIpc) is 2.83. The van der Waals surface area contributed by atoms with E-state index in [0.29, 0.717) is 12.2 Å². The van der Waals surface area contributed by atoms with Gasteiger partial charge in [0.15, 0.2) is 0 Å². The van der Waals surface area contributed by atoms with Crippen molar-refractivity contribution in [3.63, 3.8) is 0 Å². The standard InChI is InChI=1S/C16H23N3O2/c1-10(2)21-14-7-3-6-12(15(14)17)19-8-4-5-11-13(19)9-18-16(11)20/h3,6-7,10-11,13H,4-5,8-9,17H2,1-2H3,(H,18,20). The summed E-state index contributed by atoms with van der Waals surface area (Å²) in [5.74, 6) is 0.993. The highest BCUT2D eigenvalue weighted by molar-refractivity contribution is 5.84. The summed E-state index contributed by atoms with van der Waals surface area (Å²) in [6, 6.07) is 6.10. The van der Waals surface area contributed by atoms with Crippen molar-refractivity contribution < 1.29 is 9.53 Å². The average molecular weight is 289 g/mol. The van der Waals surface area contributed by atoms with Crippen LogP contribution in [0.4, 0.5) is 11.4 Å². The van der Waals surface area contributed by atoms with E-state index in [1.807, 2.05) is 32.0 Å². The van der Waals surface area contributed by atoms with E-state index in [0.717, 1.165) is 30.8 Å². The first kappa shape index (κ1) is 14.0. The van der Waals surface area contributed by atoms with Crippen LogP contribution in [-0.4, -0.2) is 31.1 Å². The predicted molar refractivity (Wildman–Crippen MR) is 83.5 cm³/mol. The second kappa shape index (κ2) is 5.47. The van der Waals surface area contributed by atoms with Gasteiger partial charge in [-0.3, -0.25) is 4.79 Å². The second-order valence-corrected chi connectivity index (χ2v) is 6.11. The fourth-order valence-corrected chi connectivity index (χ4v) is 3.39. The molecule has 5 heteroatoms. The molecule has 2 aliphatic rings. The number of hydrogen-bond acceptors (Lipinski definition) is 4. The van der Waals surface area contributed by atoms with Crippen LogP contribution < -0.4 is 20.7 Å². The van der Waals surface area contributed by atoms with Gasteiger partial charge < -0.3 is 20.7 Å². The SMILES string of the molecule is CC(C)Oc1cccc(N2CCCC3C(=O)NCC32)c1N. The van der Waals surface area contributed by atoms with Gasteiger partial charge in [-0.25, -0.2) is 0 Å². The summed E-state index contributed by atoms with van der Waals surface area (Å²) in [6.45, 7) is 5.62. The highest BCUT2D eigenvalue weighted by atomic mass is 16.5. The lowest BCUT2D eigenvalue weighted by molar-refractivity contribution is -0.122. The third-order valence-electron chi connectivity index (χ3n) is 4.32. The molecule has 2 atom stereocenters. The van der Waals surface area contributed by atoms with Crippen LogP contribution in [0.15, 0.2) is 18.2 Å². The van der Waals surface area contributed by atoms with E-state index in [-0.39, 0.29) is 24.0 Å². The smallest absolute Gasteiger partial charge is 0.225 e. The fraction of sp³-hybridized carbons (Fsp3) is 0.562. The van der Waals surface area contributed by atoms with E-state index in [9.17, 15) is 4.79 Å². The number of rotatable bonds is 3. The normalized spacial score (nSPS) is 24.9. The number of fused-ring (bicyclic) bond motifs is 1. The molecular formula is C16H23N3O2. The Morgan fingerprint density at radius 1 is 1.43 bits per heavy atom. The van der Waals surface area contributed by atoms with E-state index in [1.54, 1.807) is 0 Å². The molecule has 0 saturated carbocycles. The van der Waals surface area contributed by atoms with Gasteiger partial charge in [0.1, 0.15) is 5.75 Å². The van der Waals surface area contributed by atoms with E-state index >= 15 is 0 Å². The molecule has 3 rings (SSSR count). The minimum atomic E-state index is 0.0892.